The van der Waals surface area contributed by atoms with Crippen LogP contribution in [0.3, 0.4) is 0 Å². The third-order valence-electron chi connectivity index (χ3n) is 1.14. The van der Waals surface area contributed by atoms with Crippen molar-refractivity contribution in [1.82, 2.24) is 0 Å². The van der Waals surface area contributed by atoms with Crippen LogP contribution in [0.1, 0.15) is 0 Å². The molecule has 0 unspecified atom stereocenters. The predicted molar refractivity (Wildman–Crippen MR) is 33.7 cm³/mol. The van der Waals surface area contributed by atoms with Crippen LogP contribution in [0.2, 0.25) is 0 Å². The van der Waals surface area contributed by atoms with E-state index in [0.717, 1.165) is 0 Å². The van der Waals surface area contributed by atoms with Crippen LogP contribution in [0.5, 0.6) is 0 Å². The Labute approximate surface area is 70.9 Å². The predicted octanol–water partition coefficient (Wildman–Crippen LogP) is -3.03. The molecule has 1 rings (SSSR count). The van der Waals surface area contributed by atoms with Crippen molar-refractivity contribution in [2.45, 2.75) is 6.54 Å². The highest BCUT2D eigenvalue weighted by Crippen LogP contribution is 1.75. The summed E-state index contributed by atoms with van der Waals surface area (Å²) in [7, 11) is 0. The molecule has 2 nitrogen and oxygen atoms in total. The van der Waals surface area contributed by atoms with Gasteiger partial charge in [-0.25, -0.2) is 4.57 Å². The van der Waals surface area contributed by atoms with Crippen LogP contribution in [0.15, 0.2) is 30.6 Å². The molecule has 0 bridgehead atoms. The largest absolute Gasteiger partial charge is 1.00 e. The number of pyridine rings is 1. The van der Waals surface area contributed by atoms with Crippen molar-refractivity contribution in [1.29, 1.82) is 0 Å². The van der Waals surface area contributed by atoms with E-state index in [1.807, 2.05) is 35.2 Å². The number of aliphatic hydroxyl groups is 1. The van der Waals surface area contributed by atoms with Crippen LogP contribution < -0.4 is 21.5 Å². The van der Waals surface area contributed by atoms with Gasteiger partial charge in [-0.2, -0.15) is 0 Å². The first kappa shape index (κ1) is 9.59. The average molecular weight is 204 g/mol. The maximum Gasteiger partial charge on any atom is 0.171 e. The van der Waals surface area contributed by atoms with E-state index in [1.54, 1.807) is 0 Å². The fourth-order valence-corrected chi connectivity index (χ4v) is 0.699. The summed E-state index contributed by atoms with van der Waals surface area (Å²) in [6, 6.07) is 5.83. The Morgan fingerprint density at radius 2 is 1.70 bits per heavy atom. The monoisotopic (exact) mass is 203 g/mol. The first-order valence-corrected chi connectivity index (χ1v) is 2.98. The Morgan fingerprint density at radius 1 is 1.10 bits per heavy atom. The summed E-state index contributed by atoms with van der Waals surface area (Å²) in [6.07, 6.45) is 3.85. The van der Waals surface area contributed by atoms with E-state index in [-0.39, 0.29) is 23.6 Å². The number of halogens is 1. The van der Waals surface area contributed by atoms with Crippen molar-refractivity contribution in [3.8, 4) is 0 Å². The topological polar surface area (TPSA) is 24.1 Å². The van der Waals surface area contributed by atoms with Gasteiger partial charge in [-0.15, -0.1) is 0 Å². The highest BCUT2D eigenvalue weighted by molar-refractivity contribution is 4.83. The zero-order valence-corrected chi connectivity index (χ0v) is 7.16. The first-order chi connectivity index (χ1) is 4.43. The molecule has 1 aromatic heterocycles. The lowest BCUT2D eigenvalue weighted by atomic mass is 10.5. The summed E-state index contributed by atoms with van der Waals surface area (Å²) in [6.45, 7) is 0.884. The van der Waals surface area contributed by atoms with Crippen molar-refractivity contribution in [2.75, 3.05) is 6.61 Å². The number of aromatic nitrogens is 1. The van der Waals surface area contributed by atoms with E-state index < -0.39 is 0 Å². The highest BCUT2D eigenvalue weighted by Gasteiger charge is 1.91. The molecule has 1 N–H and O–H groups in total. The third-order valence-corrected chi connectivity index (χ3v) is 1.14. The minimum absolute atomic E-state index is 0. The molecule has 0 amide bonds. The molecule has 0 radical (unpaired) electrons. The van der Waals surface area contributed by atoms with Crippen molar-refractivity contribution < 1.29 is 26.7 Å². The van der Waals surface area contributed by atoms with Crippen LogP contribution >= 0.6 is 0 Å². The van der Waals surface area contributed by atoms with E-state index in [4.69, 9.17) is 5.11 Å². The lowest BCUT2D eigenvalue weighted by Crippen LogP contribution is -3.00. The number of hydrogen-bond acceptors (Lipinski definition) is 1. The van der Waals surface area contributed by atoms with Crippen molar-refractivity contribution in [3.05, 3.63) is 30.6 Å². The number of hydrogen-bond donors (Lipinski definition) is 1. The van der Waals surface area contributed by atoms with Crippen LogP contribution in [0.25, 0.3) is 0 Å². The second-order valence-electron chi connectivity index (χ2n) is 1.84. The van der Waals surface area contributed by atoms with Gasteiger partial charge in [-0.3, -0.25) is 0 Å². The normalized spacial score (nSPS) is 8.50. The number of aliphatic hydroxyl groups excluding tert-OH is 1. The second-order valence-corrected chi connectivity index (χ2v) is 1.84. The van der Waals surface area contributed by atoms with Crippen molar-refractivity contribution in [3.63, 3.8) is 0 Å². The fraction of sp³-hybridized carbons (Fsp3) is 0.286. The van der Waals surface area contributed by atoms with Gasteiger partial charge in [0.15, 0.2) is 18.9 Å². The van der Waals surface area contributed by atoms with Crippen LogP contribution in [0.4, 0.5) is 0 Å². The molecule has 10 heavy (non-hydrogen) atoms. The highest BCUT2D eigenvalue weighted by atomic mass is 79.9. The number of rotatable bonds is 2. The molecule has 0 fully saturated rings. The Bertz CT molecular complexity index is 167. The van der Waals surface area contributed by atoms with Gasteiger partial charge in [0.1, 0.15) is 6.61 Å². The molecular formula is C7H10BrNO. The Hall–Kier alpha value is -0.410. The van der Waals surface area contributed by atoms with Gasteiger partial charge >= 0.3 is 0 Å². The molecule has 0 aliphatic rings. The molecule has 0 aromatic carbocycles. The van der Waals surface area contributed by atoms with Gasteiger partial charge in [0.2, 0.25) is 0 Å². The van der Waals surface area contributed by atoms with E-state index in [2.05, 4.69) is 0 Å². The molecule has 1 heterocycles. The van der Waals surface area contributed by atoms with Crippen LogP contribution in [0, 0.1) is 0 Å². The van der Waals surface area contributed by atoms with E-state index in [9.17, 15) is 0 Å². The standard InChI is InChI=1S/C7H10NO.BrH/c9-7-6-8-4-2-1-3-5-8;/h1-5,9H,6-7H2;1H/q+1;/p-1. The lowest BCUT2D eigenvalue weighted by molar-refractivity contribution is -0.698. The Balaban J connectivity index is 0.000000810. The summed E-state index contributed by atoms with van der Waals surface area (Å²) in [5.41, 5.74) is 0. The lowest BCUT2D eigenvalue weighted by Gasteiger charge is -1.88. The minimum atomic E-state index is 0. The fourth-order valence-electron chi connectivity index (χ4n) is 0.699. The van der Waals surface area contributed by atoms with E-state index in [1.165, 1.54) is 0 Å². The van der Waals surface area contributed by atoms with Gasteiger partial charge in [0, 0.05) is 12.1 Å². The summed E-state index contributed by atoms with van der Waals surface area (Å²) in [5.74, 6) is 0. The zero-order valence-electron chi connectivity index (χ0n) is 5.57. The molecule has 0 aliphatic heterocycles. The summed E-state index contributed by atoms with van der Waals surface area (Å²) in [5, 5.41) is 8.50. The van der Waals surface area contributed by atoms with Crippen molar-refractivity contribution in [2.24, 2.45) is 0 Å². The first-order valence-electron chi connectivity index (χ1n) is 2.98. The van der Waals surface area contributed by atoms with Crippen LogP contribution in [-0.2, 0) is 6.54 Å². The smallest absolute Gasteiger partial charge is 0.171 e. The molecule has 0 saturated carbocycles. The van der Waals surface area contributed by atoms with Gasteiger partial charge in [-0.1, -0.05) is 6.07 Å². The Kier molecular flexibility index (Phi) is 5.16. The van der Waals surface area contributed by atoms with E-state index >= 15 is 0 Å². The summed E-state index contributed by atoms with van der Waals surface area (Å²) >= 11 is 0. The average Bonchev–Trinajstić information content (AvgIpc) is 1.91. The Morgan fingerprint density at radius 3 is 2.20 bits per heavy atom. The quantitative estimate of drug-likeness (QED) is 0.509. The van der Waals surface area contributed by atoms with Gasteiger partial charge in [0.25, 0.3) is 0 Å². The van der Waals surface area contributed by atoms with Crippen LogP contribution in [-0.4, -0.2) is 11.7 Å². The number of nitrogens with zero attached hydrogens (tertiary/aromatic N) is 1. The zero-order chi connectivity index (χ0) is 6.53. The third kappa shape index (κ3) is 2.94. The molecule has 1 aromatic rings. The van der Waals surface area contributed by atoms with Crippen molar-refractivity contribution >= 4 is 0 Å². The summed E-state index contributed by atoms with van der Waals surface area (Å²) in [4.78, 5) is 0. The molecule has 56 valence electrons. The molecule has 0 aliphatic carbocycles. The molecule has 0 spiro atoms. The summed E-state index contributed by atoms with van der Waals surface area (Å²) < 4.78 is 1.93. The second kappa shape index (κ2) is 5.38. The van der Waals surface area contributed by atoms with Gasteiger partial charge in [0.05, 0.1) is 0 Å². The SMILES string of the molecule is OCC[n+]1ccccc1.[Br-]. The van der Waals surface area contributed by atoms with Gasteiger partial charge in [-0.05, 0) is 0 Å². The molecule has 0 atom stereocenters. The molecule has 3 heteroatoms. The minimum Gasteiger partial charge on any atom is -1.00 e. The molecular weight excluding hydrogens is 194 g/mol. The maximum absolute atomic E-state index is 8.50. The molecule has 0 saturated heterocycles. The van der Waals surface area contributed by atoms with Gasteiger partial charge < -0.3 is 22.1 Å². The van der Waals surface area contributed by atoms with E-state index in [0.29, 0.717) is 6.54 Å². The maximum atomic E-state index is 8.50.